The summed E-state index contributed by atoms with van der Waals surface area (Å²) < 4.78 is 66.6. The average molecular weight is 435 g/mol. The van der Waals surface area contributed by atoms with Crippen molar-refractivity contribution in [1.82, 2.24) is 9.71 Å². The number of halogens is 1. The number of hydrogen-bond donors (Lipinski definition) is 1. The van der Waals surface area contributed by atoms with E-state index in [0.717, 1.165) is 0 Å². The Hall–Kier alpha value is -2.62. The van der Waals surface area contributed by atoms with Crippen LogP contribution < -0.4 is 4.72 Å². The SMILES string of the molecule is O=S(=O)(Cc1ccc(F)cc1)NC[C@H](c1cccnc1)S(=O)(=O)c1ccccc1. The molecule has 0 spiro atoms. The normalized spacial score (nSPS) is 13.1. The molecule has 1 aromatic heterocycles. The fraction of sp³-hybridized carbons (Fsp3) is 0.150. The zero-order chi connectivity index (χ0) is 20.9. The highest BCUT2D eigenvalue weighted by molar-refractivity contribution is 7.92. The third-order valence-electron chi connectivity index (χ3n) is 4.26. The summed E-state index contributed by atoms with van der Waals surface area (Å²) in [7, 11) is -7.72. The summed E-state index contributed by atoms with van der Waals surface area (Å²) in [5.41, 5.74) is 0.767. The Kier molecular flexibility index (Phi) is 6.41. The molecule has 0 aliphatic carbocycles. The van der Waals surface area contributed by atoms with Crippen molar-refractivity contribution in [1.29, 1.82) is 0 Å². The van der Waals surface area contributed by atoms with E-state index in [1.54, 1.807) is 30.3 Å². The highest BCUT2D eigenvalue weighted by Crippen LogP contribution is 2.28. The molecule has 0 fully saturated rings. The van der Waals surface area contributed by atoms with Gasteiger partial charge in [-0.05, 0) is 41.5 Å². The Morgan fingerprint density at radius 3 is 2.21 bits per heavy atom. The second-order valence-corrected chi connectivity index (χ2v) is 10.3. The molecule has 2 aromatic carbocycles. The molecule has 0 saturated heterocycles. The summed E-state index contributed by atoms with van der Waals surface area (Å²) in [6.45, 7) is -0.355. The van der Waals surface area contributed by atoms with Gasteiger partial charge in [0.1, 0.15) is 11.1 Å². The van der Waals surface area contributed by atoms with Crippen LogP contribution in [-0.2, 0) is 25.6 Å². The lowest BCUT2D eigenvalue weighted by molar-refractivity contribution is 0.568. The largest absolute Gasteiger partial charge is 0.264 e. The van der Waals surface area contributed by atoms with Gasteiger partial charge in [0.2, 0.25) is 10.0 Å². The van der Waals surface area contributed by atoms with Crippen LogP contribution in [0.4, 0.5) is 4.39 Å². The maximum absolute atomic E-state index is 13.1. The molecular formula is C20H19FN2O4S2. The van der Waals surface area contributed by atoms with Crippen molar-refractivity contribution in [3.05, 3.63) is 96.1 Å². The minimum Gasteiger partial charge on any atom is -0.264 e. The van der Waals surface area contributed by atoms with Crippen molar-refractivity contribution in [3.63, 3.8) is 0 Å². The maximum Gasteiger partial charge on any atom is 0.215 e. The summed E-state index contributed by atoms with van der Waals surface area (Å²) in [5.74, 6) is -0.858. The van der Waals surface area contributed by atoms with Gasteiger partial charge in [-0.3, -0.25) is 4.98 Å². The molecule has 1 atom stereocenters. The molecule has 0 bridgehead atoms. The average Bonchev–Trinajstić information content (AvgIpc) is 2.71. The first-order valence-electron chi connectivity index (χ1n) is 8.68. The number of sulfonamides is 1. The molecule has 0 amide bonds. The minimum absolute atomic E-state index is 0.0894. The molecule has 0 aliphatic heterocycles. The Morgan fingerprint density at radius 2 is 1.59 bits per heavy atom. The van der Waals surface area contributed by atoms with Crippen LogP contribution in [-0.4, -0.2) is 28.4 Å². The van der Waals surface area contributed by atoms with E-state index in [1.807, 2.05) is 0 Å². The van der Waals surface area contributed by atoms with Gasteiger partial charge in [-0.2, -0.15) is 0 Å². The van der Waals surface area contributed by atoms with Gasteiger partial charge < -0.3 is 0 Å². The summed E-state index contributed by atoms with van der Waals surface area (Å²) in [6, 6.07) is 16.1. The number of hydrogen-bond acceptors (Lipinski definition) is 5. The van der Waals surface area contributed by atoms with Crippen molar-refractivity contribution in [3.8, 4) is 0 Å². The van der Waals surface area contributed by atoms with E-state index in [9.17, 15) is 21.2 Å². The lowest BCUT2D eigenvalue weighted by atomic mass is 10.2. The number of benzene rings is 2. The summed E-state index contributed by atoms with van der Waals surface area (Å²) >= 11 is 0. The van der Waals surface area contributed by atoms with E-state index in [4.69, 9.17) is 0 Å². The molecule has 1 heterocycles. The Morgan fingerprint density at radius 1 is 0.897 bits per heavy atom. The van der Waals surface area contributed by atoms with Crippen LogP contribution in [0.5, 0.6) is 0 Å². The van der Waals surface area contributed by atoms with Gasteiger partial charge in [0.15, 0.2) is 9.84 Å². The van der Waals surface area contributed by atoms with E-state index in [2.05, 4.69) is 9.71 Å². The lowest BCUT2D eigenvalue weighted by Gasteiger charge is -2.19. The van der Waals surface area contributed by atoms with Crippen LogP contribution in [0.2, 0.25) is 0 Å². The smallest absolute Gasteiger partial charge is 0.215 e. The van der Waals surface area contributed by atoms with Gasteiger partial charge in [-0.15, -0.1) is 0 Å². The van der Waals surface area contributed by atoms with Crippen LogP contribution >= 0.6 is 0 Å². The second-order valence-electron chi connectivity index (χ2n) is 6.37. The molecule has 0 unspecified atom stereocenters. The standard InChI is InChI=1S/C20H19FN2O4S2/c21-18-10-8-16(9-11-18)15-28(24,25)23-14-20(17-5-4-12-22-13-17)29(26,27)19-6-2-1-3-7-19/h1-13,20,23H,14-15H2/t20-/m1/s1. The number of nitrogens with zero attached hydrogens (tertiary/aromatic N) is 1. The topological polar surface area (TPSA) is 93.2 Å². The molecule has 1 N–H and O–H groups in total. The fourth-order valence-electron chi connectivity index (χ4n) is 2.80. The number of sulfone groups is 1. The lowest BCUT2D eigenvalue weighted by Crippen LogP contribution is -2.32. The highest BCUT2D eigenvalue weighted by Gasteiger charge is 2.30. The summed E-state index contributed by atoms with van der Waals surface area (Å²) in [4.78, 5) is 4.05. The van der Waals surface area contributed by atoms with Crippen molar-refractivity contribution < 1.29 is 21.2 Å². The first kappa shape index (κ1) is 21.1. The first-order valence-corrected chi connectivity index (χ1v) is 11.9. The molecule has 3 rings (SSSR count). The van der Waals surface area contributed by atoms with Gasteiger partial charge in [0.05, 0.1) is 10.6 Å². The molecule has 3 aromatic rings. The number of nitrogens with one attached hydrogen (secondary N) is 1. The van der Waals surface area contributed by atoms with Gasteiger partial charge in [-0.25, -0.2) is 25.9 Å². The predicted octanol–water partition coefficient (Wildman–Crippen LogP) is 2.86. The Labute approximate surface area is 169 Å². The predicted molar refractivity (Wildman–Crippen MR) is 108 cm³/mol. The van der Waals surface area contributed by atoms with E-state index in [0.29, 0.717) is 11.1 Å². The number of rotatable bonds is 8. The number of aromatic nitrogens is 1. The zero-order valence-corrected chi connectivity index (χ0v) is 16.9. The summed E-state index contributed by atoms with van der Waals surface area (Å²) in [5, 5.41) is -1.15. The van der Waals surface area contributed by atoms with E-state index in [-0.39, 0.29) is 11.4 Å². The van der Waals surface area contributed by atoms with Gasteiger partial charge in [0.25, 0.3) is 0 Å². The van der Waals surface area contributed by atoms with Crippen molar-refractivity contribution in [2.24, 2.45) is 0 Å². The quantitative estimate of drug-likeness (QED) is 0.588. The van der Waals surface area contributed by atoms with Crippen LogP contribution in [0.3, 0.4) is 0 Å². The summed E-state index contributed by atoms with van der Waals surface area (Å²) in [6.07, 6.45) is 2.91. The monoisotopic (exact) mass is 434 g/mol. The minimum atomic E-state index is -3.87. The molecule has 0 aliphatic rings. The van der Waals surface area contributed by atoms with E-state index in [1.165, 1.54) is 48.8 Å². The second kappa shape index (κ2) is 8.81. The van der Waals surface area contributed by atoms with Gasteiger partial charge >= 0.3 is 0 Å². The molecule has 6 nitrogen and oxygen atoms in total. The highest BCUT2D eigenvalue weighted by atomic mass is 32.2. The molecule has 9 heteroatoms. The molecule has 0 saturated carbocycles. The van der Waals surface area contributed by atoms with Crippen LogP contribution in [0.1, 0.15) is 16.4 Å². The molecule has 152 valence electrons. The van der Waals surface area contributed by atoms with Crippen LogP contribution in [0, 0.1) is 5.82 Å². The first-order chi connectivity index (χ1) is 13.8. The van der Waals surface area contributed by atoms with Crippen LogP contribution in [0.25, 0.3) is 0 Å². The van der Waals surface area contributed by atoms with E-state index < -0.39 is 36.7 Å². The Bertz CT molecular complexity index is 1150. The molecule has 0 radical (unpaired) electrons. The molecular weight excluding hydrogens is 415 g/mol. The van der Waals surface area contributed by atoms with Crippen molar-refractivity contribution >= 4 is 19.9 Å². The van der Waals surface area contributed by atoms with Crippen LogP contribution in [0.15, 0.2) is 84.0 Å². The van der Waals surface area contributed by atoms with E-state index >= 15 is 0 Å². The number of pyridine rings is 1. The van der Waals surface area contributed by atoms with Crippen molar-refractivity contribution in [2.45, 2.75) is 15.9 Å². The maximum atomic E-state index is 13.1. The van der Waals surface area contributed by atoms with Gasteiger partial charge in [-0.1, -0.05) is 36.4 Å². The zero-order valence-electron chi connectivity index (χ0n) is 15.3. The molecule has 29 heavy (non-hydrogen) atoms. The third kappa shape index (κ3) is 5.47. The van der Waals surface area contributed by atoms with Gasteiger partial charge in [0, 0.05) is 18.9 Å². The van der Waals surface area contributed by atoms with Crippen molar-refractivity contribution in [2.75, 3.05) is 6.54 Å². The fourth-order valence-corrected chi connectivity index (χ4v) is 5.73. The Balaban J connectivity index is 1.85. The third-order valence-corrected chi connectivity index (χ3v) is 7.70.